The molecular formula is C9H14N2O4S2. The molecule has 0 aromatic rings. The van der Waals surface area contributed by atoms with E-state index in [0.29, 0.717) is 12.8 Å². The van der Waals surface area contributed by atoms with Crippen molar-refractivity contribution in [1.29, 1.82) is 0 Å². The molecule has 5 N–H and O–H groups in total. The van der Waals surface area contributed by atoms with Gasteiger partial charge in [0.15, 0.2) is 0 Å². The van der Waals surface area contributed by atoms with E-state index >= 15 is 0 Å². The van der Waals surface area contributed by atoms with Gasteiger partial charge in [-0.05, 0) is 10.7 Å². The fourth-order valence-corrected chi connectivity index (χ4v) is 0.945. The molecule has 0 rings (SSSR count). The van der Waals surface area contributed by atoms with Crippen molar-refractivity contribution in [3.8, 4) is 0 Å². The van der Waals surface area contributed by atoms with Crippen LogP contribution in [0.25, 0.3) is 0 Å². The Bertz CT molecular complexity index is 295. The molecule has 0 aliphatic rings. The molecule has 0 aromatic carbocycles. The average molecular weight is 278 g/mol. The van der Waals surface area contributed by atoms with Crippen molar-refractivity contribution in [3.05, 3.63) is 0 Å². The summed E-state index contributed by atoms with van der Waals surface area (Å²) in [4.78, 5) is 30.3. The molecule has 8 heteroatoms. The normalized spacial score (nSPS) is 10.4. The second kappa shape index (κ2) is 11.2. The molecule has 0 unspecified atom stereocenters. The molecule has 6 nitrogen and oxygen atoms in total. The maximum Gasteiger partial charge on any atom is 0.321 e. The lowest BCUT2D eigenvalue weighted by atomic mass is 10.2. The third kappa shape index (κ3) is 14.8. The van der Waals surface area contributed by atoms with Crippen LogP contribution in [0.3, 0.4) is 0 Å². The maximum absolute atomic E-state index is 10.4. The van der Waals surface area contributed by atoms with Crippen LogP contribution in [-0.2, 0) is 14.4 Å². The molecule has 1 atom stereocenters. The van der Waals surface area contributed by atoms with Crippen LogP contribution in [0, 0.1) is 0 Å². The Hall–Kier alpha value is -1.25. The predicted molar refractivity (Wildman–Crippen MR) is 71.0 cm³/mol. The first-order valence-electron chi connectivity index (χ1n) is 4.50. The van der Waals surface area contributed by atoms with E-state index in [1.807, 2.05) is 0 Å². The van der Waals surface area contributed by atoms with Crippen molar-refractivity contribution in [2.24, 2.45) is 11.5 Å². The number of primary amides is 1. The number of nitrogens with two attached hydrogens (primary N) is 2. The minimum atomic E-state index is -1.21. The second-order valence-corrected chi connectivity index (χ2v) is 3.56. The topological polar surface area (TPSA) is 123 Å². The molecule has 17 heavy (non-hydrogen) atoms. The summed E-state index contributed by atoms with van der Waals surface area (Å²) >= 11 is 8.90. The Morgan fingerprint density at radius 1 is 1.18 bits per heavy atom. The number of carbonyl (C=O) groups excluding carboxylic acids is 2. The Labute approximate surface area is 109 Å². The van der Waals surface area contributed by atoms with Crippen LogP contribution in [0.5, 0.6) is 0 Å². The van der Waals surface area contributed by atoms with Crippen LogP contribution in [-0.4, -0.2) is 39.5 Å². The molecule has 0 spiro atoms. The summed E-state index contributed by atoms with van der Waals surface area (Å²) in [5.74, 6) is -1.83. The molecule has 96 valence electrons. The quantitative estimate of drug-likeness (QED) is 0.542. The van der Waals surface area contributed by atoms with E-state index in [2.05, 4.69) is 30.2 Å². The lowest BCUT2D eigenvalue weighted by Gasteiger charge is -1.99. The van der Waals surface area contributed by atoms with Gasteiger partial charge in [-0.25, -0.2) is 0 Å². The van der Waals surface area contributed by atoms with Crippen molar-refractivity contribution in [2.75, 3.05) is 0 Å². The Balaban J connectivity index is 0. The SMILES string of the molecule is NC(=O)C[C@H](N)C(=O)O.O=C(CC=S)CC=S. The summed E-state index contributed by atoms with van der Waals surface area (Å²) in [5.41, 5.74) is 9.57. The largest absolute Gasteiger partial charge is 0.480 e. The molecule has 0 aromatic heterocycles. The van der Waals surface area contributed by atoms with Gasteiger partial charge in [0.05, 0.1) is 6.42 Å². The molecule has 0 heterocycles. The van der Waals surface area contributed by atoms with Gasteiger partial charge in [-0.15, -0.1) is 0 Å². The van der Waals surface area contributed by atoms with Crippen molar-refractivity contribution < 1.29 is 19.5 Å². The number of Topliss-reactive ketones (excluding diaryl/α,β-unsaturated/α-hetero) is 1. The Kier molecular flexibility index (Phi) is 12.0. The summed E-state index contributed by atoms with van der Waals surface area (Å²) < 4.78 is 0. The smallest absolute Gasteiger partial charge is 0.321 e. The fraction of sp³-hybridized carbons (Fsp3) is 0.444. The van der Waals surface area contributed by atoms with Gasteiger partial charge in [0.1, 0.15) is 11.8 Å². The van der Waals surface area contributed by atoms with Gasteiger partial charge in [0, 0.05) is 12.8 Å². The highest BCUT2D eigenvalue weighted by Crippen LogP contribution is 1.84. The molecule has 0 aliphatic carbocycles. The van der Waals surface area contributed by atoms with Crippen molar-refractivity contribution in [3.63, 3.8) is 0 Å². The molecule has 0 fully saturated rings. The zero-order valence-electron chi connectivity index (χ0n) is 9.00. The monoisotopic (exact) mass is 278 g/mol. The first-order valence-corrected chi connectivity index (χ1v) is 5.45. The minimum Gasteiger partial charge on any atom is -0.480 e. The van der Waals surface area contributed by atoms with Crippen molar-refractivity contribution >= 4 is 52.8 Å². The van der Waals surface area contributed by atoms with Crippen molar-refractivity contribution in [1.82, 2.24) is 0 Å². The highest BCUT2D eigenvalue weighted by atomic mass is 32.1. The average Bonchev–Trinajstić information content (AvgIpc) is 2.18. The number of hydrogen-bond donors (Lipinski definition) is 3. The number of amides is 1. The number of carbonyl (C=O) groups is 3. The Morgan fingerprint density at radius 2 is 1.59 bits per heavy atom. The van der Waals surface area contributed by atoms with Gasteiger partial charge in [-0.3, -0.25) is 14.4 Å². The first kappa shape index (κ1) is 18.1. The summed E-state index contributed by atoms with van der Waals surface area (Å²) in [6.07, 6.45) is 0.417. The Morgan fingerprint density at radius 3 is 1.76 bits per heavy atom. The predicted octanol–water partition coefficient (Wildman–Crippen LogP) is -0.391. The number of hydrogen-bond acceptors (Lipinski definition) is 6. The van der Waals surface area contributed by atoms with Crippen LogP contribution in [0.4, 0.5) is 0 Å². The van der Waals surface area contributed by atoms with Crippen LogP contribution < -0.4 is 11.5 Å². The zero-order chi connectivity index (χ0) is 13.8. The highest BCUT2D eigenvalue weighted by Gasteiger charge is 2.13. The third-order valence-corrected chi connectivity index (χ3v) is 1.69. The maximum atomic E-state index is 10.4. The van der Waals surface area contributed by atoms with Gasteiger partial charge in [-0.1, -0.05) is 24.4 Å². The number of thiocarbonyl (C=S) groups is 2. The number of aliphatic carboxylic acids is 1. The molecule has 0 saturated carbocycles. The number of ketones is 1. The number of carboxylic acid groups (broad SMARTS) is 1. The molecule has 0 saturated heterocycles. The molecular weight excluding hydrogens is 264 g/mol. The van der Waals surface area contributed by atoms with E-state index in [9.17, 15) is 14.4 Å². The molecule has 0 aliphatic heterocycles. The van der Waals surface area contributed by atoms with Crippen LogP contribution >= 0.6 is 24.4 Å². The van der Waals surface area contributed by atoms with E-state index < -0.39 is 17.9 Å². The lowest BCUT2D eigenvalue weighted by Crippen LogP contribution is -2.34. The lowest BCUT2D eigenvalue weighted by molar-refractivity contribution is -0.140. The van der Waals surface area contributed by atoms with Crippen LogP contribution in [0.1, 0.15) is 19.3 Å². The van der Waals surface area contributed by atoms with E-state index in [1.54, 1.807) is 0 Å². The third-order valence-electron chi connectivity index (χ3n) is 1.36. The first-order chi connectivity index (χ1) is 7.84. The zero-order valence-corrected chi connectivity index (χ0v) is 10.6. The van der Waals surface area contributed by atoms with Crippen LogP contribution in [0.2, 0.25) is 0 Å². The summed E-state index contributed by atoms with van der Waals surface area (Å²) in [6.45, 7) is 0. The van der Waals surface area contributed by atoms with Crippen molar-refractivity contribution in [2.45, 2.75) is 25.3 Å². The van der Waals surface area contributed by atoms with Gasteiger partial charge in [0.25, 0.3) is 0 Å². The number of rotatable bonds is 7. The fourth-order valence-electron chi connectivity index (χ4n) is 0.573. The van der Waals surface area contributed by atoms with Gasteiger partial charge < -0.3 is 16.6 Å². The van der Waals surface area contributed by atoms with Crippen LogP contribution in [0.15, 0.2) is 0 Å². The molecule has 1 amide bonds. The number of carboxylic acids is 1. The van der Waals surface area contributed by atoms with Gasteiger partial charge in [-0.2, -0.15) is 0 Å². The summed E-state index contributed by atoms with van der Waals surface area (Å²) in [7, 11) is 0. The van der Waals surface area contributed by atoms with Gasteiger partial charge in [0.2, 0.25) is 5.91 Å². The van der Waals surface area contributed by atoms with Gasteiger partial charge >= 0.3 is 5.97 Å². The molecule has 0 bridgehead atoms. The second-order valence-electron chi connectivity index (χ2n) is 2.90. The summed E-state index contributed by atoms with van der Waals surface area (Å²) in [5, 5.41) is 10.9. The van der Waals surface area contributed by atoms with E-state index in [-0.39, 0.29) is 12.2 Å². The standard InChI is InChI=1S/C5H6OS2.C4H8N2O3/c6-5(1-3-7)2-4-8;5-2(4(8)9)1-3(6)7/h3-4H,1-2H2;2H,1,5H2,(H2,6,7)(H,8,9)/t;2-/m.0/s1. The minimum absolute atomic E-state index is 0.0926. The van der Waals surface area contributed by atoms with E-state index in [4.69, 9.17) is 10.8 Å². The highest BCUT2D eigenvalue weighted by molar-refractivity contribution is 7.79. The molecule has 0 radical (unpaired) electrons. The van der Waals surface area contributed by atoms with E-state index in [1.165, 1.54) is 10.7 Å². The van der Waals surface area contributed by atoms with E-state index in [0.717, 1.165) is 0 Å². The summed E-state index contributed by atoms with van der Waals surface area (Å²) in [6, 6.07) is -1.16.